The fourth-order valence-electron chi connectivity index (χ4n) is 11.7. The van der Waals surface area contributed by atoms with E-state index in [2.05, 4.69) is 207 Å². The molecule has 0 amide bonds. The number of thiophene rings is 1. The van der Waals surface area contributed by atoms with Gasteiger partial charge >= 0.3 is 6.85 Å². The average Bonchev–Trinajstić information content (AvgIpc) is 3.79. The predicted molar refractivity (Wildman–Crippen MR) is 276 cm³/mol. The van der Waals surface area contributed by atoms with Crippen LogP contribution in [0.2, 0.25) is 0 Å². The van der Waals surface area contributed by atoms with E-state index in [4.69, 9.17) is 0 Å². The second-order valence-corrected chi connectivity index (χ2v) is 23.6. The molecule has 2 nitrogen and oxygen atoms in total. The Bertz CT molecular complexity index is 3440. The summed E-state index contributed by atoms with van der Waals surface area (Å²) >= 11 is 1.92. The Hall–Kier alpha value is -5.58. The zero-order chi connectivity index (χ0) is 43.7. The lowest BCUT2D eigenvalue weighted by atomic mass is 9.43. The van der Waals surface area contributed by atoms with Crippen molar-refractivity contribution in [1.29, 1.82) is 0 Å². The maximum Gasteiger partial charge on any atom is 0.333 e. The molecule has 12 rings (SSSR count). The lowest BCUT2D eigenvalue weighted by Gasteiger charge is -2.46. The van der Waals surface area contributed by atoms with Crippen molar-refractivity contribution >= 4 is 82.5 Å². The van der Waals surface area contributed by atoms with Crippen LogP contribution in [0.4, 0.5) is 11.4 Å². The Labute approximate surface area is 377 Å². The summed E-state index contributed by atoms with van der Waals surface area (Å²) in [7, 11) is 0. The minimum absolute atomic E-state index is 0.0176. The summed E-state index contributed by atoms with van der Waals surface area (Å²) in [5.41, 5.74) is 21.8. The van der Waals surface area contributed by atoms with Gasteiger partial charge < -0.3 is 9.38 Å². The lowest BCUT2D eigenvalue weighted by molar-refractivity contribution is 0.332. The summed E-state index contributed by atoms with van der Waals surface area (Å²) in [6.45, 7) is 26.4. The van der Waals surface area contributed by atoms with Crippen LogP contribution >= 0.6 is 11.3 Å². The maximum atomic E-state index is 2.81. The SMILES string of the molecule is Cc1cc2c(cc1N1B3c4c(cc(-c5ccccc5)cc4-n4c5ccc(C(C)(C)C)cc5c5cc(C(C)(C)C)cc3c54)-c3c1ccc1sc4ccccc4c31)C(C)(C)CCC2(C)C. The highest BCUT2D eigenvalue weighted by Crippen LogP contribution is 2.54. The van der Waals surface area contributed by atoms with Gasteiger partial charge in [0.15, 0.2) is 0 Å². The molecular formula is C59H57BN2S. The molecule has 0 fully saturated rings. The first-order chi connectivity index (χ1) is 29.9. The van der Waals surface area contributed by atoms with Crippen LogP contribution < -0.4 is 15.7 Å². The summed E-state index contributed by atoms with van der Waals surface area (Å²) in [6.07, 6.45) is 2.38. The number of rotatable bonds is 2. The summed E-state index contributed by atoms with van der Waals surface area (Å²) in [5, 5.41) is 5.40. The van der Waals surface area contributed by atoms with Crippen molar-refractivity contribution in [2.45, 2.75) is 111 Å². The largest absolute Gasteiger partial charge is 0.376 e. The van der Waals surface area contributed by atoms with E-state index in [1.807, 2.05) is 11.3 Å². The van der Waals surface area contributed by atoms with E-state index in [9.17, 15) is 0 Å². The third-order valence-corrected chi connectivity index (χ3v) is 16.6. The zero-order valence-corrected chi connectivity index (χ0v) is 39.7. The Morgan fingerprint density at radius 2 is 1.25 bits per heavy atom. The highest BCUT2D eigenvalue weighted by Gasteiger charge is 2.47. The quantitative estimate of drug-likeness (QED) is 0.158. The summed E-state index contributed by atoms with van der Waals surface area (Å²) in [6, 6.07) is 47.8. The number of anilines is 2. The number of hydrogen-bond acceptors (Lipinski definition) is 2. The fourth-order valence-corrected chi connectivity index (χ4v) is 12.8. The van der Waals surface area contributed by atoms with Crippen molar-refractivity contribution in [1.82, 2.24) is 4.57 Å². The standard InChI is InChI=1S/C59H57BN2S/c1-34-27-43-44(59(10,11)26-25-58(43,8)9)33-48(34)62-47-23-24-51-53(39-19-15-16-20-50(39)63-51)52(47)42-28-36(35-17-13-12-14-18-35)29-49-54(42)60(62)45-32-38(57(5,6)7)31-41-40-30-37(56(2,3)4)21-22-46(40)61(49)55(41)45/h12-24,27-33H,25-26H2,1-11H3. The summed E-state index contributed by atoms with van der Waals surface area (Å²) in [4.78, 5) is 2.81. The molecule has 0 atom stereocenters. The molecule has 2 aromatic heterocycles. The normalized spacial score (nSPS) is 16.2. The third-order valence-electron chi connectivity index (χ3n) is 15.4. The van der Waals surface area contributed by atoms with Gasteiger partial charge in [-0.05, 0) is 151 Å². The highest BCUT2D eigenvalue weighted by atomic mass is 32.1. The fraction of sp³-hybridized carbons (Fsp3) is 0.288. The summed E-state index contributed by atoms with van der Waals surface area (Å²) < 4.78 is 5.35. The molecule has 0 unspecified atom stereocenters. The van der Waals surface area contributed by atoms with Crippen molar-refractivity contribution in [2.75, 3.05) is 4.81 Å². The van der Waals surface area contributed by atoms with Crippen LogP contribution in [0.15, 0.2) is 121 Å². The van der Waals surface area contributed by atoms with Crippen molar-refractivity contribution in [2.24, 2.45) is 0 Å². The predicted octanol–water partition coefficient (Wildman–Crippen LogP) is 15.3. The molecule has 312 valence electrons. The molecule has 2 aliphatic heterocycles. The minimum atomic E-state index is -0.0603. The van der Waals surface area contributed by atoms with E-state index in [-0.39, 0.29) is 28.5 Å². The number of hydrogen-bond donors (Lipinski definition) is 0. The maximum absolute atomic E-state index is 2.81. The number of aryl methyl sites for hydroxylation is 1. The van der Waals surface area contributed by atoms with Gasteiger partial charge in [0, 0.05) is 53.6 Å². The smallest absolute Gasteiger partial charge is 0.333 e. The molecule has 4 heteroatoms. The highest BCUT2D eigenvalue weighted by molar-refractivity contribution is 7.26. The first kappa shape index (κ1) is 39.0. The number of nitrogens with zero attached hydrogens (tertiary/aromatic N) is 2. The van der Waals surface area contributed by atoms with E-state index < -0.39 is 0 Å². The minimum Gasteiger partial charge on any atom is -0.376 e. The average molecular weight is 837 g/mol. The van der Waals surface area contributed by atoms with E-state index >= 15 is 0 Å². The van der Waals surface area contributed by atoms with E-state index in [0.717, 1.165) is 0 Å². The van der Waals surface area contributed by atoms with Crippen LogP contribution in [0.5, 0.6) is 0 Å². The number of benzene rings is 7. The molecule has 1 aliphatic carbocycles. The lowest BCUT2D eigenvalue weighted by Crippen LogP contribution is -2.61. The van der Waals surface area contributed by atoms with E-state index in [0.29, 0.717) is 0 Å². The first-order valence-corrected chi connectivity index (χ1v) is 24.0. The molecule has 3 aliphatic rings. The van der Waals surface area contributed by atoms with E-state index in [1.54, 1.807) is 0 Å². The Balaban J connectivity index is 1.30. The molecule has 0 N–H and O–H groups in total. The molecular weight excluding hydrogens is 780 g/mol. The van der Waals surface area contributed by atoms with Crippen LogP contribution in [0, 0.1) is 6.92 Å². The van der Waals surface area contributed by atoms with Crippen molar-refractivity contribution in [3.05, 3.63) is 149 Å². The Kier molecular flexibility index (Phi) is 7.93. The molecule has 0 radical (unpaired) electrons. The number of aromatic nitrogens is 1. The molecule has 9 aromatic rings. The molecule has 0 saturated carbocycles. The van der Waals surface area contributed by atoms with E-state index in [1.165, 1.54) is 133 Å². The number of fused-ring (bicyclic) bond motifs is 12. The monoisotopic (exact) mass is 836 g/mol. The van der Waals surface area contributed by atoms with Crippen molar-refractivity contribution in [3.63, 3.8) is 0 Å². The third kappa shape index (κ3) is 5.49. The Morgan fingerprint density at radius 3 is 1.98 bits per heavy atom. The van der Waals surface area contributed by atoms with Gasteiger partial charge in [-0.25, -0.2) is 0 Å². The molecule has 4 heterocycles. The van der Waals surface area contributed by atoms with Crippen molar-refractivity contribution < 1.29 is 0 Å². The van der Waals surface area contributed by atoms with Gasteiger partial charge in [-0.15, -0.1) is 11.3 Å². The molecule has 63 heavy (non-hydrogen) atoms. The van der Waals surface area contributed by atoms with Crippen LogP contribution in [0.3, 0.4) is 0 Å². The van der Waals surface area contributed by atoms with Crippen LogP contribution in [-0.2, 0) is 21.7 Å². The molecule has 7 aromatic carbocycles. The van der Waals surface area contributed by atoms with Crippen LogP contribution in [-0.4, -0.2) is 11.4 Å². The van der Waals surface area contributed by atoms with Crippen LogP contribution in [0.1, 0.15) is 110 Å². The zero-order valence-electron chi connectivity index (χ0n) is 38.8. The van der Waals surface area contributed by atoms with Gasteiger partial charge in [-0.1, -0.05) is 136 Å². The van der Waals surface area contributed by atoms with Crippen molar-refractivity contribution in [3.8, 4) is 27.9 Å². The molecule has 0 spiro atoms. The van der Waals surface area contributed by atoms with Crippen LogP contribution in [0.25, 0.3) is 69.9 Å². The second-order valence-electron chi connectivity index (χ2n) is 22.5. The Morgan fingerprint density at radius 1 is 0.571 bits per heavy atom. The molecule has 0 saturated heterocycles. The van der Waals surface area contributed by atoms with Gasteiger partial charge in [-0.2, -0.15) is 0 Å². The van der Waals surface area contributed by atoms with Gasteiger partial charge in [0.2, 0.25) is 0 Å². The van der Waals surface area contributed by atoms with Gasteiger partial charge in [0.05, 0.1) is 11.0 Å². The summed E-state index contributed by atoms with van der Waals surface area (Å²) in [5.74, 6) is 0. The van der Waals surface area contributed by atoms with Gasteiger partial charge in [0.25, 0.3) is 0 Å². The topological polar surface area (TPSA) is 8.17 Å². The second kappa shape index (κ2) is 12.8. The first-order valence-electron chi connectivity index (χ1n) is 23.2. The molecule has 0 bridgehead atoms. The van der Waals surface area contributed by atoms with Gasteiger partial charge in [-0.3, -0.25) is 0 Å². The van der Waals surface area contributed by atoms with Gasteiger partial charge in [0.1, 0.15) is 0 Å².